The van der Waals surface area contributed by atoms with Gasteiger partial charge in [0.2, 0.25) is 0 Å². The van der Waals surface area contributed by atoms with E-state index in [1.54, 1.807) is 24.4 Å². The highest BCUT2D eigenvalue weighted by atomic mass is 32.1. The summed E-state index contributed by atoms with van der Waals surface area (Å²) >= 11 is 1.33. The number of Topliss-reactive ketones (excluding diaryl/α,β-unsaturated/α-hetero) is 1. The molecule has 0 saturated heterocycles. The van der Waals surface area contributed by atoms with Gasteiger partial charge in [-0.2, -0.15) is 0 Å². The fourth-order valence-corrected chi connectivity index (χ4v) is 4.13. The van der Waals surface area contributed by atoms with Crippen LogP contribution in [0.15, 0.2) is 48.2 Å². The maximum absolute atomic E-state index is 12.8. The van der Waals surface area contributed by atoms with Crippen LogP contribution < -0.4 is 15.4 Å². The van der Waals surface area contributed by atoms with Gasteiger partial charge in [0.05, 0.1) is 16.1 Å². The summed E-state index contributed by atoms with van der Waals surface area (Å²) in [7, 11) is 0. The van der Waals surface area contributed by atoms with E-state index in [1.165, 1.54) is 17.7 Å². The Hall–Kier alpha value is -4.05. The van der Waals surface area contributed by atoms with Crippen LogP contribution in [0.1, 0.15) is 31.3 Å². The number of hydrogen-bond acceptors (Lipinski definition) is 7. The molecule has 160 valence electrons. The van der Waals surface area contributed by atoms with Crippen LogP contribution in [0.3, 0.4) is 0 Å². The molecule has 0 radical (unpaired) electrons. The molecule has 9 nitrogen and oxygen atoms in total. The minimum Gasteiger partial charge on any atom is -0.486 e. The fraction of sp³-hybridized carbons (Fsp3) is 0.136. The summed E-state index contributed by atoms with van der Waals surface area (Å²) in [6.45, 7) is 0.354. The molecule has 0 aliphatic carbocycles. The van der Waals surface area contributed by atoms with Crippen LogP contribution in [-0.4, -0.2) is 39.2 Å². The van der Waals surface area contributed by atoms with Gasteiger partial charge in [0.15, 0.2) is 11.5 Å². The fourth-order valence-electron chi connectivity index (χ4n) is 3.51. The van der Waals surface area contributed by atoms with Gasteiger partial charge in [-0.1, -0.05) is 12.1 Å². The molecule has 0 atom stereocenters. The number of aromatic amines is 1. The van der Waals surface area contributed by atoms with Crippen molar-refractivity contribution in [1.29, 1.82) is 0 Å². The second-order valence-corrected chi connectivity index (χ2v) is 8.16. The van der Waals surface area contributed by atoms with Gasteiger partial charge in [-0.3, -0.25) is 14.4 Å². The Morgan fingerprint density at radius 1 is 1.19 bits per heavy atom. The molecule has 32 heavy (non-hydrogen) atoms. The summed E-state index contributed by atoms with van der Waals surface area (Å²) in [6, 6.07) is 9.03. The molecule has 0 saturated carbocycles. The van der Waals surface area contributed by atoms with Crippen molar-refractivity contribution in [3.63, 3.8) is 0 Å². The smallest absolute Gasteiger partial charge is 0.272 e. The molecule has 1 aromatic carbocycles. The van der Waals surface area contributed by atoms with Gasteiger partial charge < -0.3 is 20.4 Å². The highest BCUT2D eigenvalue weighted by Crippen LogP contribution is 2.25. The van der Waals surface area contributed by atoms with Crippen LogP contribution in [0.4, 0.5) is 5.69 Å². The number of anilines is 1. The molecule has 1 aliphatic rings. The molecule has 3 aromatic heterocycles. The van der Waals surface area contributed by atoms with Crippen molar-refractivity contribution in [2.24, 2.45) is 0 Å². The third-order valence-electron chi connectivity index (χ3n) is 5.03. The van der Waals surface area contributed by atoms with Gasteiger partial charge in [0.25, 0.3) is 11.8 Å². The van der Waals surface area contributed by atoms with E-state index in [2.05, 4.69) is 25.6 Å². The number of thiophene rings is 1. The molecule has 3 N–H and O–H groups in total. The molecule has 10 heteroatoms. The number of carbonyl (C=O) groups excluding carboxylic acids is 3. The van der Waals surface area contributed by atoms with E-state index in [1.807, 2.05) is 17.5 Å². The Kier molecular flexibility index (Phi) is 5.12. The summed E-state index contributed by atoms with van der Waals surface area (Å²) in [5.74, 6) is 0.0808. The van der Waals surface area contributed by atoms with Crippen LogP contribution in [-0.2, 0) is 17.8 Å². The number of carbonyl (C=O) groups is 3. The minimum atomic E-state index is -0.388. The number of aromatic nitrogens is 3. The maximum Gasteiger partial charge on any atom is 0.272 e. The van der Waals surface area contributed by atoms with E-state index in [0.29, 0.717) is 33.8 Å². The molecule has 0 bridgehead atoms. The largest absolute Gasteiger partial charge is 0.486 e. The van der Waals surface area contributed by atoms with Gasteiger partial charge >= 0.3 is 0 Å². The second kappa shape index (κ2) is 8.23. The number of H-pyrrole nitrogens is 1. The third kappa shape index (κ3) is 3.83. The molecule has 0 spiro atoms. The number of rotatable bonds is 5. The van der Waals surface area contributed by atoms with Crippen molar-refractivity contribution in [3.8, 4) is 5.75 Å². The van der Waals surface area contributed by atoms with E-state index in [0.717, 1.165) is 11.1 Å². The van der Waals surface area contributed by atoms with Gasteiger partial charge in [-0.25, -0.2) is 9.97 Å². The molecule has 1 aliphatic heterocycles. The summed E-state index contributed by atoms with van der Waals surface area (Å²) < 4.78 is 5.40. The summed E-state index contributed by atoms with van der Waals surface area (Å²) in [6.07, 6.45) is 3.20. The lowest BCUT2D eigenvalue weighted by Crippen LogP contribution is -2.25. The quantitative estimate of drug-likeness (QED) is 0.432. The van der Waals surface area contributed by atoms with E-state index in [9.17, 15) is 14.4 Å². The Bertz CT molecular complexity index is 1350. The van der Waals surface area contributed by atoms with Crippen molar-refractivity contribution in [2.75, 3.05) is 11.9 Å². The average molecular weight is 447 g/mol. The summed E-state index contributed by atoms with van der Waals surface area (Å²) in [5, 5.41) is 7.46. The zero-order chi connectivity index (χ0) is 22.1. The van der Waals surface area contributed by atoms with E-state index in [4.69, 9.17) is 4.74 Å². The standard InChI is InChI=1S/C22H17N5O4S/c28-14-7-13-6-12(3-4-16(13)31-10-14)8-24-22(30)20-19-18(25-11-26-20)15(9-23-19)27-21(29)17-2-1-5-32-17/h1-6,9,11,23H,7-8,10H2,(H,24,30)(H,27,29). The highest BCUT2D eigenvalue weighted by molar-refractivity contribution is 7.12. The molecule has 0 fully saturated rings. The Morgan fingerprint density at radius 3 is 2.94 bits per heavy atom. The average Bonchev–Trinajstić information content (AvgIpc) is 3.48. The Labute approximate surface area is 185 Å². The van der Waals surface area contributed by atoms with Crippen LogP contribution in [0, 0.1) is 0 Å². The monoisotopic (exact) mass is 447 g/mol. The van der Waals surface area contributed by atoms with Crippen LogP contribution in [0.25, 0.3) is 11.0 Å². The van der Waals surface area contributed by atoms with Crippen molar-refractivity contribution < 1.29 is 19.1 Å². The molecule has 2 amide bonds. The first-order chi connectivity index (χ1) is 15.6. The zero-order valence-electron chi connectivity index (χ0n) is 16.7. The number of fused-ring (bicyclic) bond motifs is 2. The topological polar surface area (TPSA) is 126 Å². The van der Waals surface area contributed by atoms with E-state index in [-0.39, 0.29) is 36.4 Å². The lowest BCUT2D eigenvalue weighted by atomic mass is 10.0. The number of amides is 2. The molecular weight excluding hydrogens is 430 g/mol. The third-order valence-corrected chi connectivity index (χ3v) is 5.89. The molecular formula is C22H17N5O4S. The predicted molar refractivity (Wildman–Crippen MR) is 118 cm³/mol. The summed E-state index contributed by atoms with van der Waals surface area (Å²) in [4.78, 5) is 48.6. The SMILES string of the molecule is O=C1COc2ccc(CNC(=O)c3ncnc4c(NC(=O)c5cccs5)c[nH]c34)cc2C1. The number of ether oxygens (including phenoxy) is 1. The zero-order valence-corrected chi connectivity index (χ0v) is 17.5. The first kappa shape index (κ1) is 19.9. The van der Waals surface area contributed by atoms with Crippen LogP contribution in [0.2, 0.25) is 0 Å². The van der Waals surface area contributed by atoms with Crippen LogP contribution >= 0.6 is 11.3 Å². The number of nitrogens with one attached hydrogen (secondary N) is 3. The van der Waals surface area contributed by atoms with Gasteiger partial charge in [-0.15, -0.1) is 11.3 Å². The number of benzene rings is 1. The van der Waals surface area contributed by atoms with Gasteiger partial charge in [0.1, 0.15) is 24.2 Å². The second-order valence-electron chi connectivity index (χ2n) is 7.21. The first-order valence-corrected chi connectivity index (χ1v) is 10.7. The normalized spacial score (nSPS) is 12.8. The Balaban J connectivity index is 1.32. The Morgan fingerprint density at radius 2 is 2.09 bits per heavy atom. The van der Waals surface area contributed by atoms with E-state index < -0.39 is 0 Å². The van der Waals surface area contributed by atoms with Crippen LogP contribution in [0.5, 0.6) is 5.75 Å². The highest BCUT2D eigenvalue weighted by Gasteiger charge is 2.19. The molecule has 0 unspecified atom stereocenters. The lowest BCUT2D eigenvalue weighted by molar-refractivity contribution is -0.121. The predicted octanol–water partition coefficient (Wildman–Crippen LogP) is 2.71. The number of nitrogens with zero attached hydrogens (tertiary/aromatic N) is 2. The van der Waals surface area contributed by atoms with Crippen molar-refractivity contribution in [2.45, 2.75) is 13.0 Å². The maximum atomic E-state index is 12.8. The van der Waals surface area contributed by atoms with E-state index >= 15 is 0 Å². The lowest BCUT2D eigenvalue weighted by Gasteiger charge is -2.17. The van der Waals surface area contributed by atoms with Gasteiger partial charge in [0, 0.05) is 24.7 Å². The van der Waals surface area contributed by atoms with Crippen molar-refractivity contribution in [3.05, 3.63) is 69.9 Å². The molecule has 4 heterocycles. The minimum absolute atomic E-state index is 0.0239. The molecule has 5 rings (SSSR count). The molecule has 4 aromatic rings. The number of hydrogen-bond donors (Lipinski definition) is 3. The first-order valence-electron chi connectivity index (χ1n) is 9.80. The van der Waals surface area contributed by atoms with Crippen molar-refractivity contribution in [1.82, 2.24) is 20.3 Å². The number of ketones is 1. The van der Waals surface area contributed by atoms with Crippen molar-refractivity contribution >= 4 is 45.7 Å². The summed E-state index contributed by atoms with van der Waals surface area (Å²) in [5.41, 5.74) is 3.16. The van der Waals surface area contributed by atoms with Gasteiger partial charge in [-0.05, 0) is 29.1 Å².